The molecule has 0 amide bonds. The quantitative estimate of drug-likeness (QED) is 0.891. The summed E-state index contributed by atoms with van der Waals surface area (Å²) in [6.45, 7) is 2.78. The fourth-order valence-corrected chi connectivity index (χ4v) is 4.96. The molecule has 0 aliphatic carbocycles. The molecular formula is C12H19NO4S2. The Labute approximate surface area is 117 Å². The van der Waals surface area contributed by atoms with Crippen LogP contribution in [-0.4, -0.2) is 44.1 Å². The minimum Gasteiger partial charge on any atom is -0.391 e. The predicted octanol–water partition coefficient (Wildman–Crippen LogP) is 1.35. The van der Waals surface area contributed by atoms with Crippen molar-refractivity contribution < 1.29 is 18.3 Å². The summed E-state index contributed by atoms with van der Waals surface area (Å²) in [5.41, 5.74) is 0.816. The molecule has 0 saturated carbocycles. The molecule has 1 aromatic heterocycles. The van der Waals surface area contributed by atoms with Crippen molar-refractivity contribution >= 4 is 21.4 Å². The first-order chi connectivity index (χ1) is 8.95. The Balaban J connectivity index is 2.15. The molecule has 108 valence electrons. The maximum atomic E-state index is 12.4. The van der Waals surface area contributed by atoms with Crippen molar-refractivity contribution in [3.63, 3.8) is 0 Å². The molecule has 1 aromatic rings. The van der Waals surface area contributed by atoms with Crippen LogP contribution >= 0.6 is 11.3 Å². The lowest BCUT2D eigenvalue weighted by atomic mass is 10.2. The first kappa shape index (κ1) is 14.9. The summed E-state index contributed by atoms with van der Waals surface area (Å²) in [6.07, 6.45) is 1.90. The fourth-order valence-electron chi connectivity index (χ4n) is 2.10. The minimum atomic E-state index is -3.48. The smallest absolute Gasteiger partial charge is 0.252 e. The van der Waals surface area contributed by atoms with Gasteiger partial charge in [0.1, 0.15) is 4.21 Å². The number of aryl methyl sites for hydroxylation is 1. The number of aliphatic hydroxyl groups is 1. The van der Waals surface area contributed by atoms with Gasteiger partial charge in [0, 0.05) is 25.1 Å². The highest BCUT2D eigenvalue weighted by Gasteiger charge is 2.27. The van der Waals surface area contributed by atoms with Gasteiger partial charge in [-0.25, -0.2) is 8.42 Å². The van der Waals surface area contributed by atoms with E-state index in [2.05, 4.69) is 0 Å². The predicted molar refractivity (Wildman–Crippen MR) is 73.8 cm³/mol. The number of thiophene rings is 1. The van der Waals surface area contributed by atoms with Gasteiger partial charge in [-0.3, -0.25) is 0 Å². The average Bonchev–Trinajstić information content (AvgIpc) is 2.98. The first-order valence-electron chi connectivity index (χ1n) is 6.23. The van der Waals surface area contributed by atoms with Crippen LogP contribution in [-0.2, 0) is 21.4 Å². The van der Waals surface area contributed by atoms with E-state index in [1.807, 2.05) is 0 Å². The van der Waals surface area contributed by atoms with E-state index in [1.165, 1.54) is 4.31 Å². The molecule has 2 heterocycles. The van der Waals surface area contributed by atoms with Crippen molar-refractivity contribution in [2.45, 2.75) is 36.7 Å². The molecule has 7 heteroatoms. The molecule has 1 N–H and O–H groups in total. The van der Waals surface area contributed by atoms with Crippen LogP contribution in [0, 0.1) is 6.92 Å². The van der Waals surface area contributed by atoms with Gasteiger partial charge < -0.3 is 9.84 Å². The molecule has 1 saturated heterocycles. The zero-order chi connectivity index (χ0) is 14.0. The summed E-state index contributed by atoms with van der Waals surface area (Å²) in [4.78, 5) is 0.698. The summed E-state index contributed by atoms with van der Waals surface area (Å²) >= 11 is 1.13. The van der Waals surface area contributed by atoms with Crippen LogP contribution in [0.4, 0.5) is 0 Å². The van der Waals surface area contributed by atoms with E-state index >= 15 is 0 Å². The van der Waals surface area contributed by atoms with Crippen LogP contribution in [0.2, 0.25) is 0 Å². The van der Waals surface area contributed by atoms with Gasteiger partial charge in [0.05, 0.1) is 12.7 Å². The Hall–Kier alpha value is -0.470. The minimum absolute atomic E-state index is 0.00172. The normalized spacial score (nSPS) is 20.3. The van der Waals surface area contributed by atoms with Gasteiger partial charge in [0.2, 0.25) is 0 Å². The Morgan fingerprint density at radius 3 is 2.84 bits per heavy atom. The molecule has 19 heavy (non-hydrogen) atoms. The molecule has 0 aromatic carbocycles. The molecule has 0 bridgehead atoms. The van der Waals surface area contributed by atoms with Gasteiger partial charge in [0.25, 0.3) is 10.0 Å². The standard InChI is InChI=1S/C12H19NO4S2/c1-9-6-12(18-11(9)8-14)19(15,16)13(2)7-10-4-3-5-17-10/h6,10,14H,3-5,7-8H2,1-2H3. The van der Waals surface area contributed by atoms with Crippen molar-refractivity contribution in [1.29, 1.82) is 0 Å². The van der Waals surface area contributed by atoms with E-state index in [-0.39, 0.29) is 16.9 Å². The fraction of sp³-hybridized carbons (Fsp3) is 0.667. The highest BCUT2D eigenvalue weighted by molar-refractivity contribution is 7.91. The summed E-state index contributed by atoms with van der Waals surface area (Å²) in [6, 6.07) is 1.62. The maximum Gasteiger partial charge on any atom is 0.252 e. The van der Waals surface area contributed by atoms with E-state index < -0.39 is 10.0 Å². The van der Waals surface area contributed by atoms with E-state index in [1.54, 1.807) is 20.0 Å². The number of nitrogens with zero attached hydrogens (tertiary/aromatic N) is 1. The lowest BCUT2D eigenvalue weighted by Gasteiger charge is -2.19. The summed E-state index contributed by atoms with van der Waals surface area (Å²) in [5.74, 6) is 0. The summed E-state index contributed by atoms with van der Waals surface area (Å²) in [5, 5.41) is 9.15. The second-order valence-corrected chi connectivity index (χ2v) is 8.16. The monoisotopic (exact) mass is 305 g/mol. The Morgan fingerprint density at radius 1 is 1.58 bits per heavy atom. The van der Waals surface area contributed by atoms with Crippen LogP contribution in [0.1, 0.15) is 23.3 Å². The number of sulfonamides is 1. The van der Waals surface area contributed by atoms with Gasteiger partial charge in [-0.1, -0.05) is 0 Å². The van der Waals surface area contributed by atoms with E-state index in [4.69, 9.17) is 9.84 Å². The van der Waals surface area contributed by atoms with Crippen molar-refractivity contribution in [2.75, 3.05) is 20.2 Å². The SMILES string of the molecule is Cc1cc(S(=O)(=O)N(C)CC2CCCO2)sc1CO. The molecule has 1 fully saturated rings. The maximum absolute atomic E-state index is 12.4. The third kappa shape index (κ3) is 3.17. The number of hydrogen-bond donors (Lipinski definition) is 1. The van der Waals surface area contributed by atoms with Gasteiger partial charge >= 0.3 is 0 Å². The van der Waals surface area contributed by atoms with E-state index in [9.17, 15) is 8.42 Å². The molecule has 1 unspecified atom stereocenters. The lowest BCUT2D eigenvalue weighted by Crippen LogP contribution is -2.33. The van der Waals surface area contributed by atoms with E-state index in [0.29, 0.717) is 18.0 Å². The second-order valence-electron chi connectivity index (χ2n) is 4.75. The van der Waals surface area contributed by atoms with E-state index in [0.717, 1.165) is 29.7 Å². The van der Waals surface area contributed by atoms with Crippen molar-refractivity contribution in [1.82, 2.24) is 4.31 Å². The van der Waals surface area contributed by atoms with Crippen molar-refractivity contribution in [3.05, 3.63) is 16.5 Å². The summed E-state index contributed by atoms with van der Waals surface area (Å²) < 4.78 is 31.9. The average molecular weight is 305 g/mol. The van der Waals surface area contributed by atoms with Crippen LogP contribution in [0.25, 0.3) is 0 Å². The molecule has 1 aliphatic rings. The highest BCUT2D eigenvalue weighted by atomic mass is 32.2. The molecule has 1 aliphatic heterocycles. The number of hydrogen-bond acceptors (Lipinski definition) is 5. The van der Waals surface area contributed by atoms with Crippen molar-refractivity contribution in [2.24, 2.45) is 0 Å². The topological polar surface area (TPSA) is 66.8 Å². The van der Waals surface area contributed by atoms with Crippen LogP contribution in [0.5, 0.6) is 0 Å². The van der Waals surface area contributed by atoms with Crippen LogP contribution in [0.15, 0.2) is 10.3 Å². The first-order valence-corrected chi connectivity index (χ1v) is 8.49. The number of ether oxygens (including phenoxy) is 1. The third-order valence-corrected chi connectivity index (χ3v) is 6.79. The van der Waals surface area contributed by atoms with Gasteiger partial charge in [-0.15, -0.1) is 11.3 Å². The Morgan fingerprint density at radius 2 is 2.32 bits per heavy atom. The van der Waals surface area contributed by atoms with Crippen LogP contribution < -0.4 is 0 Å². The number of aliphatic hydroxyl groups excluding tert-OH is 1. The van der Waals surface area contributed by atoms with Crippen LogP contribution in [0.3, 0.4) is 0 Å². The van der Waals surface area contributed by atoms with Gasteiger partial charge in [0.15, 0.2) is 0 Å². The third-order valence-electron chi connectivity index (χ3n) is 3.29. The summed E-state index contributed by atoms with van der Waals surface area (Å²) in [7, 11) is -1.90. The van der Waals surface area contributed by atoms with Gasteiger partial charge in [-0.2, -0.15) is 4.31 Å². The lowest BCUT2D eigenvalue weighted by molar-refractivity contribution is 0.0979. The molecular weight excluding hydrogens is 286 g/mol. The molecule has 2 rings (SSSR count). The van der Waals surface area contributed by atoms with Gasteiger partial charge in [-0.05, 0) is 31.4 Å². The Kier molecular flexibility index (Phi) is 4.62. The molecule has 0 spiro atoms. The number of likely N-dealkylation sites (N-methyl/N-ethyl adjacent to an activating group) is 1. The molecule has 0 radical (unpaired) electrons. The largest absolute Gasteiger partial charge is 0.391 e. The molecule has 1 atom stereocenters. The highest BCUT2D eigenvalue weighted by Crippen LogP contribution is 2.28. The van der Waals surface area contributed by atoms with Crippen molar-refractivity contribution in [3.8, 4) is 0 Å². The zero-order valence-electron chi connectivity index (χ0n) is 11.1. The molecule has 5 nitrogen and oxygen atoms in total. The second kappa shape index (κ2) is 5.88. The zero-order valence-corrected chi connectivity index (χ0v) is 12.8. The Bertz CT molecular complexity index is 532. The number of rotatable bonds is 5.